The van der Waals surface area contributed by atoms with Gasteiger partial charge in [0.15, 0.2) is 0 Å². The van der Waals surface area contributed by atoms with Crippen LogP contribution in [0.4, 0.5) is 0 Å². The second kappa shape index (κ2) is 3.37. The Kier molecular flexibility index (Phi) is 3.17. The molecular formula is C7H18N4O. The monoisotopic (exact) mass is 174 g/mol. The van der Waals surface area contributed by atoms with Crippen LogP contribution >= 0.6 is 0 Å². The lowest BCUT2D eigenvalue weighted by atomic mass is 9.86. The highest BCUT2D eigenvalue weighted by molar-refractivity contribution is 4.93. The molecule has 0 fully saturated rings. The van der Waals surface area contributed by atoms with Crippen LogP contribution in [-0.4, -0.2) is 23.4 Å². The fraction of sp³-hybridized carbons (Fsp3) is 1.00. The van der Waals surface area contributed by atoms with E-state index in [1.807, 2.05) is 27.7 Å². The van der Waals surface area contributed by atoms with Crippen molar-refractivity contribution in [3.8, 4) is 0 Å². The van der Waals surface area contributed by atoms with Gasteiger partial charge >= 0.3 is 0 Å². The fourth-order valence-corrected chi connectivity index (χ4v) is 0.651. The molecule has 12 heavy (non-hydrogen) atoms. The van der Waals surface area contributed by atoms with Crippen LogP contribution in [0.25, 0.3) is 0 Å². The molecule has 0 saturated carbocycles. The van der Waals surface area contributed by atoms with E-state index in [1.165, 1.54) is 0 Å². The second-order valence-corrected chi connectivity index (χ2v) is 3.72. The molecule has 0 radical (unpaired) electrons. The van der Waals surface area contributed by atoms with Crippen LogP contribution in [0, 0.1) is 5.53 Å². The van der Waals surface area contributed by atoms with Gasteiger partial charge in [0.1, 0.15) is 0 Å². The molecule has 72 valence electrons. The van der Waals surface area contributed by atoms with Crippen LogP contribution < -0.4 is 5.84 Å². The van der Waals surface area contributed by atoms with Crippen LogP contribution in [0.5, 0.6) is 0 Å². The molecule has 0 aromatic rings. The Hall–Kier alpha value is -0.680. The van der Waals surface area contributed by atoms with Crippen molar-refractivity contribution in [2.45, 2.75) is 38.8 Å². The fourth-order valence-electron chi connectivity index (χ4n) is 0.651. The minimum Gasteiger partial charge on any atom is -0.376 e. The molecule has 0 bridgehead atoms. The molecule has 0 amide bonds. The number of hydrogen-bond acceptors (Lipinski definition) is 4. The van der Waals surface area contributed by atoms with Crippen molar-refractivity contribution in [2.24, 2.45) is 11.1 Å². The Bertz CT molecular complexity index is 167. The molecule has 0 aliphatic heterocycles. The maximum Gasteiger partial charge on any atom is 0.0991 e. The minimum atomic E-state index is -0.510. The maximum absolute atomic E-state index is 6.79. The van der Waals surface area contributed by atoms with Crippen LogP contribution in [0.15, 0.2) is 5.22 Å². The highest BCUT2D eigenvalue weighted by Gasteiger charge is 2.41. The summed E-state index contributed by atoms with van der Waals surface area (Å²) in [5.74, 6) is 5.51. The number of rotatable bonds is 4. The molecule has 0 aromatic heterocycles. The van der Waals surface area contributed by atoms with Gasteiger partial charge in [-0.1, -0.05) is 5.22 Å². The molecule has 0 aliphatic carbocycles. The predicted molar refractivity (Wildman–Crippen MR) is 46.3 cm³/mol. The molecular weight excluding hydrogens is 156 g/mol. The molecule has 0 aliphatic rings. The molecule has 0 rings (SSSR count). The van der Waals surface area contributed by atoms with Crippen molar-refractivity contribution >= 4 is 0 Å². The Balaban J connectivity index is 4.69. The van der Waals surface area contributed by atoms with Crippen molar-refractivity contribution in [3.05, 3.63) is 0 Å². The van der Waals surface area contributed by atoms with E-state index in [9.17, 15) is 0 Å². The van der Waals surface area contributed by atoms with Gasteiger partial charge < -0.3 is 4.74 Å². The molecule has 0 heterocycles. The lowest BCUT2D eigenvalue weighted by molar-refractivity contribution is -0.103. The summed E-state index contributed by atoms with van der Waals surface area (Å²) in [4.78, 5) is 0. The number of nitrogens with zero attached hydrogens (tertiary/aromatic N) is 2. The number of ether oxygens (including phenoxy) is 1. The van der Waals surface area contributed by atoms with Crippen molar-refractivity contribution in [1.29, 1.82) is 5.53 Å². The number of nitrogens with one attached hydrogen (secondary N) is 1. The zero-order valence-electron chi connectivity index (χ0n) is 8.38. The lowest BCUT2D eigenvalue weighted by Gasteiger charge is -2.43. The van der Waals surface area contributed by atoms with E-state index in [-0.39, 0.29) is 0 Å². The summed E-state index contributed by atoms with van der Waals surface area (Å²) in [7, 11) is 1.61. The Morgan fingerprint density at radius 2 is 1.75 bits per heavy atom. The highest BCUT2D eigenvalue weighted by atomic mass is 16.5. The van der Waals surface area contributed by atoms with E-state index in [4.69, 9.17) is 16.1 Å². The van der Waals surface area contributed by atoms with Gasteiger partial charge in [0.2, 0.25) is 0 Å². The van der Waals surface area contributed by atoms with E-state index in [0.29, 0.717) is 0 Å². The van der Waals surface area contributed by atoms with Gasteiger partial charge in [-0.2, -0.15) is 5.53 Å². The Labute approximate surface area is 73.3 Å². The van der Waals surface area contributed by atoms with E-state index >= 15 is 0 Å². The van der Waals surface area contributed by atoms with Crippen molar-refractivity contribution < 1.29 is 4.74 Å². The van der Waals surface area contributed by atoms with Crippen LogP contribution in [-0.2, 0) is 4.74 Å². The summed E-state index contributed by atoms with van der Waals surface area (Å²) in [6, 6.07) is 0. The molecule has 3 N–H and O–H groups in total. The number of nitrogens with two attached hydrogens (primary N) is 1. The summed E-state index contributed by atoms with van der Waals surface area (Å²) < 4.78 is 5.26. The lowest BCUT2D eigenvalue weighted by Crippen LogP contribution is -2.59. The van der Waals surface area contributed by atoms with Gasteiger partial charge in [-0.15, -0.1) is 0 Å². The van der Waals surface area contributed by atoms with Gasteiger partial charge in [0.25, 0.3) is 0 Å². The minimum absolute atomic E-state index is 0.452. The zero-order chi connectivity index (χ0) is 9.99. The Morgan fingerprint density at radius 1 is 1.33 bits per heavy atom. The third kappa shape index (κ3) is 1.73. The summed E-state index contributed by atoms with van der Waals surface area (Å²) >= 11 is 0. The van der Waals surface area contributed by atoms with Gasteiger partial charge in [0, 0.05) is 7.11 Å². The molecule has 0 unspecified atom stereocenters. The molecule has 0 spiro atoms. The topological polar surface area (TPSA) is 74.7 Å². The third-order valence-electron chi connectivity index (χ3n) is 2.66. The standard InChI is InChI=1S/C7H18N4O/c1-6(2,11(9)10-8)7(3,4)12-5/h8H,9H2,1-5H3. The van der Waals surface area contributed by atoms with Crippen LogP contribution in [0.2, 0.25) is 0 Å². The normalized spacial score (nSPS) is 12.8. The molecule has 0 atom stereocenters. The van der Waals surface area contributed by atoms with Crippen molar-refractivity contribution in [2.75, 3.05) is 7.11 Å². The average Bonchev–Trinajstić information content (AvgIpc) is 2.02. The van der Waals surface area contributed by atoms with Crippen LogP contribution in [0.3, 0.4) is 0 Å². The molecule has 0 saturated heterocycles. The zero-order valence-corrected chi connectivity index (χ0v) is 8.38. The highest BCUT2D eigenvalue weighted by Crippen LogP contribution is 2.28. The van der Waals surface area contributed by atoms with Gasteiger partial charge in [0.05, 0.1) is 11.1 Å². The molecule has 0 aromatic carbocycles. The van der Waals surface area contributed by atoms with Gasteiger partial charge in [-0.05, 0) is 27.7 Å². The summed E-state index contributed by atoms with van der Waals surface area (Å²) in [6.07, 6.45) is 0. The van der Waals surface area contributed by atoms with Crippen molar-refractivity contribution in [3.63, 3.8) is 0 Å². The van der Waals surface area contributed by atoms with Crippen LogP contribution in [0.1, 0.15) is 27.7 Å². The average molecular weight is 174 g/mol. The summed E-state index contributed by atoms with van der Waals surface area (Å²) in [5, 5.41) is 4.25. The number of methoxy groups -OCH3 is 1. The summed E-state index contributed by atoms with van der Waals surface area (Å²) in [5.41, 5.74) is 5.83. The van der Waals surface area contributed by atoms with E-state index < -0.39 is 11.1 Å². The predicted octanol–water partition coefficient (Wildman–Crippen LogP) is 1.31. The first-order valence-corrected chi connectivity index (χ1v) is 3.77. The van der Waals surface area contributed by atoms with E-state index in [2.05, 4.69) is 5.22 Å². The molecule has 5 nitrogen and oxygen atoms in total. The van der Waals surface area contributed by atoms with Crippen molar-refractivity contribution in [1.82, 2.24) is 5.12 Å². The quantitative estimate of drug-likeness (QED) is 0.383. The smallest absolute Gasteiger partial charge is 0.0991 e. The maximum atomic E-state index is 6.79. The van der Waals surface area contributed by atoms with E-state index in [0.717, 1.165) is 5.12 Å². The second-order valence-electron chi connectivity index (χ2n) is 3.72. The Morgan fingerprint density at radius 3 is 2.00 bits per heavy atom. The molecule has 5 heteroatoms. The largest absolute Gasteiger partial charge is 0.376 e. The van der Waals surface area contributed by atoms with Gasteiger partial charge in [-0.3, -0.25) is 0 Å². The first-order chi connectivity index (χ1) is 5.29. The first kappa shape index (κ1) is 11.3. The number of hydrogen-bond donors (Lipinski definition) is 2. The van der Waals surface area contributed by atoms with Gasteiger partial charge in [-0.25, -0.2) is 11.0 Å². The third-order valence-corrected chi connectivity index (χ3v) is 2.66. The number of hydrazine groups is 1. The SMILES string of the molecule is COC(C)(C)C(C)(C)N(N)N=N. The summed E-state index contributed by atoms with van der Waals surface area (Å²) in [6.45, 7) is 7.54. The van der Waals surface area contributed by atoms with E-state index in [1.54, 1.807) is 7.11 Å². The first-order valence-electron chi connectivity index (χ1n) is 3.77.